The molecule has 1 N–H and O–H groups in total. The SMILES string of the molecule is Fc1cccc(CN2CCCC(C3CCCN3)C2)c1Br. The minimum absolute atomic E-state index is 0.159. The molecule has 4 heteroatoms. The van der Waals surface area contributed by atoms with Crippen LogP contribution in [0.2, 0.25) is 0 Å². The summed E-state index contributed by atoms with van der Waals surface area (Å²) in [5.74, 6) is 0.604. The molecular weight excluding hydrogens is 319 g/mol. The summed E-state index contributed by atoms with van der Waals surface area (Å²) in [6.45, 7) is 4.30. The molecule has 1 aromatic rings. The summed E-state index contributed by atoms with van der Waals surface area (Å²) in [4.78, 5) is 2.48. The molecule has 0 aromatic heterocycles. The Balaban J connectivity index is 1.63. The third-order valence-corrected chi connectivity index (χ3v) is 5.52. The van der Waals surface area contributed by atoms with Gasteiger partial charge in [0, 0.05) is 19.1 Å². The van der Waals surface area contributed by atoms with Crippen molar-refractivity contribution in [2.75, 3.05) is 19.6 Å². The number of piperidine rings is 1. The number of rotatable bonds is 3. The Kier molecular flexibility index (Phi) is 4.74. The van der Waals surface area contributed by atoms with E-state index in [1.807, 2.05) is 6.07 Å². The lowest BCUT2D eigenvalue weighted by atomic mass is 9.89. The minimum Gasteiger partial charge on any atom is -0.314 e. The number of hydrogen-bond donors (Lipinski definition) is 1. The predicted octanol–water partition coefficient (Wildman–Crippen LogP) is 3.55. The van der Waals surface area contributed by atoms with Gasteiger partial charge in [-0.25, -0.2) is 4.39 Å². The van der Waals surface area contributed by atoms with Crippen molar-refractivity contribution in [1.82, 2.24) is 10.2 Å². The first-order valence-corrected chi connectivity index (χ1v) is 8.42. The molecule has 2 aliphatic heterocycles. The first kappa shape index (κ1) is 14.5. The number of nitrogens with zero attached hydrogens (tertiary/aromatic N) is 1. The molecule has 0 radical (unpaired) electrons. The van der Waals surface area contributed by atoms with Crippen LogP contribution in [0.25, 0.3) is 0 Å². The molecule has 0 amide bonds. The Bertz CT molecular complexity index is 460. The van der Waals surface area contributed by atoms with Crippen LogP contribution in [0.4, 0.5) is 4.39 Å². The van der Waals surface area contributed by atoms with Gasteiger partial charge in [0.1, 0.15) is 5.82 Å². The van der Waals surface area contributed by atoms with Gasteiger partial charge in [0.15, 0.2) is 0 Å². The molecule has 1 aromatic carbocycles. The maximum absolute atomic E-state index is 13.6. The van der Waals surface area contributed by atoms with E-state index in [4.69, 9.17) is 0 Å². The number of benzene rings is 1. The molecule has 2 fully saturated rings. The van der Waals surface area contributed by atoms with E-state index in [0.717, 1.165) is 31.1 Å². The highest BCUT2D eigenvalue weighted by molar-refractivity contribution is 9.10. The van der Waals surface area contributed by atoms with Crippen LogP contribution in [0.1, 0.15) is 31.2 Å². The van der Waals surface area contributed by atoms with Gasteiger partial charge in [-0.15, -0.1) is 0 Å². The number of nitrogens with one attached hydrogen (secondary N) is 1. The Morgan fingerprint density at radius 1 is 1.30 bits per heavy atom. The van der Waals surface area contributed by atoms with E-state index < -0.39 is 0 Å². The molecule has 0 saturated carbocycles. The highest BCUT2D eigenvalue weighted by Crippen LogP contribution is 2.27. The summed E-state index contributed by atoms with van der Waals surface area (Å²) in [6, 6.07) is 6.03. The van der Waals surface area contributed by atoms with Crippen molar-refractivity contribution in [3.05, 3.63) is 34.1 Å². The Morgan fingerprint density at radius 3 is 3.00 bits per heavy atom. The standard InChI is InChI=1S/C16H22BrFN2/c17-16-13(4-1-6-14(16)18)11-20-9-3-5-12(10-20)15-7-2-8-19-15/h1,4,6,12,15,19H,2-3,5,7-11H2. The fourth-order valence-electron chi connectivity index (χ4n) is 3.59. The largest absolute Gasteiger partial charge is 0.314 e. The second-order valence-electron chi connectivity index (χ2n) is 6.05. The van der Waals surface area contributed by atoms with Gasteiger partial charge in [-0.1, -0.05) is 12.1 Å². The zero-order chi connectivity index (χ0) is 13.9. The lowest BCUT2D eigenvalue weighted by Gasteiger charge is -2.36. The number of halogens is 2. The van der Waals surface area contributed by atoms with Crippen molar-refractivity contribution in [3.8, 4) is 0 Å². The molecule has 2 unspecified atom stereocenters. The first-order chi connectivity index (χ1) is 9.74. The summed E-state index contributed by atoms with van der Waals surface area (Å²) in [5.41, 5.74) is 1.06. The maximum Gasteiger partial charge on any atom is 0.137 e. The first-order valence-electron chi connectivity index (χ1n) is 7.62. The van der Waals surface area contributed by atoms with E-state index in [9.17, 15) is 4.39 Å². The van der Waals surface area contributed by atoms with Gasteiger partial charge in [-0.2, -0.15) is 0 Å². The third kappa shape index (κ3) is 3.23. The van der Waals surface area contributed by atoms with Crippen molar-refractivity contribution in [2.45, 2.75) is 38.3 Å². The topological polar surface area (TPSA) is 15.3 Å². The van der Waals surface area contributed by atoms with Crippen molar-refractivity contribution in [2.24, 2.45) is 5.92 Å². The normalized spacial score (nSPS) is 27.9. The van der Waals surface area contributed by atoms with E-state index in [-0.39, 0.29) is 5.82 Å². The zero-order valence-corrected chi connectivity index (χ0v) is 13.3. The molecule has 0 spiro atoms. The zero-order valence-electron chi connectivity index (χ0n) is 11.7. The fraction of sp³-hybridized carbons (Fsp3) is 0.625. The molecular formula is C16H22BrFN2. The van der Waals surface area contributed by atoms with Gasteiger partial charge in [0.2, 0.25) is 0 Å². The smallest absolute Gasteiger partial charge is 0.137 e. The van der Waals surface area contributed by atoms with Crippen LogP contribution in [0.3, 0.4) is 0 Å². The summed E-state index contributed by atoms with van der Waals surface area (Å²) >= 11 is 3.37. The van der Waals surface area contributed by atoms with Crippen LogP contribution in [0.5, 0.6) is 0 Å². The van der Waals surface area contributed by atoms with Gasteiger partial charge >= 0.3 is 0 Å². The lowest BCUT2D eigenvalue weighted by Crippen LogP contribution is -2.43. The minimum atomic E-state index is -0.159. The van der Waals surface area contributed by atoms with Crippen molar-refractivity contribution < 1.29 is 4.39 Å². The number of likely N-dealkylation sites (tertiary alicyclic amines) is 1. The molecule has 2 aliphatic rings. The summed E-state index contributed by atoms with van der Waals surface area (Å²) < 4.78 is 14.2. The molecule has 3 rings (SSSR count). The molecule has 2 heterocycles. The highest BCUT2D eigenvalue weighted by Gasteiger charge is 2.29. The van der Waals surface area contributed by atoms with Crippen LogP contribution >= 0.6 is 15.9 Å². The molecule has 20 heavy (non-hydrogen) atoms. The van der Waals surface area contributed by atoms with Crippen LogP contribution in [0.15, 0.2) is 22.7 Å². The second-order valence-corrected chi connectivity index (χ2v) is 6.85. The quantitative estimate of drug-likeness (QED) is 0.905. The van der Waals surface area contributed by atoms with Crippen LogP contribution < -0.4 is 5.32 Å². The van der Waals surface area contributed by atoms with E-state index >= 15 is 0 Å². The molecule has 2 nitrogen and oxygen atoms in total. The van der Waals surface area contributed by atoms with Crippen LogP contribution in [0, 0.1) is 11.7 Å². The lowest BCUT2D eigenvalue weighted by molar-refractivity contribution is 0.145. The average molecular weight is 341 g/mol. The van der Waals surface area contributed by atoms with Gasteiger partial charge in [0.05, 0.1) is 4.47 Å². The van der Waals surface area contributed by atoms with Crippen LogP contribution in [-0.2, 0) is 6.54 Å². The highest BCUT2D eigenvalue weighted by atomic mass is 79.9. The van der Waals surface area contributed by atoms with E-state index in [1.165, 1.54) is 38.3 Å². The summed E-state index contributed by atoms with van der Waals surface area (Å²) in [5, 5.41) is 3.64. The number of hydrogen-bond acceptors (Lipinski definition) is 2. The Labute approximate surface area is 128 Å². The van der Waals surface area contributed by atoms with E-state index in [0.29, 0.717) is 10.5 Å². The second kappa shape index (κ2) is 6.54. The van der Waals surface area contributed by atoms with Gasteiger partial charge in [-0.3, -0.25) is 4.90 Å². The molecule has 0 bridgehead atoms. The third-order valence-electron chi connectivity index (χ3n) is 4.63. The van der Waals surface area contributed by atoms with E-state index in [2.05, 4.69) is 26.1 Å². The molecule has 2 atom stereocenters. The summed E-state index contributed by atoms with van der Waals surface area (Å²) in [7, 11) is 0. The average Bonchev–Trinajstić information content (AvgIpc) is 2.98. The van der Waals surface area contributed by atoms with Crippen LogP contribution in [-0.4, -0.2) is 30.6 Å². The maximum atomic E-state index is 13.6. The Hall–Kier alpha value is -0.450. The predicted molar refractivity (Wildman–Crippen MR) is 83.1 cm³/mol. The van der Waals surface area contributed by atoms with E-state index in [1.54, 1.807) is 6.07 Å². The van der Waals surface area contributed by atoms with Gasteiger partial charge in [0.25, 0.3) is 0 Å². The molecule has 110 valence electrons. The van der Waals surface area contributed by atoms with Crippen molar-refractivity contribution >= 4 is 15.9 Å². The van der Waals surface area contributed by atoms with Gasteiger partial charge in [-0.05, 0) is 72.3 Å². The van der Waals surface area contributed by atoms with Crippen molar-refractivity contribution in [3.63, 3.8) is 0 Å². The monoisotopic (exact) mass is 340 g/mol. The molecule has 2 saturated heterocycles. The van der Waals surface area contributed by atoms with Gasteiger partial charge < -0.3 is 5.32 Å². The molecule has 0 aliphatic carbocycles. The van der Waals surface area contributed by atoms with Crippen molar-refractivity contribution in [1.29, 1.82) is 0 Å². The fourth-order valence-corrected chi connectivity index (χ4v) is 3.98. The Morgan fingerprint density at radius 2 is 2.20 bits per heavy atom. The summed E-state index contributed by atoms with van der Waals surface area (Å²) in [6.07, 6.45) is 5.23.